The van der Waals surface area contributed by atoms with Crippen LogP contribution >= 0.6 is 0 Å². The van der Waals surface area contributed by atoms with Crippen molar-refractivity contribution in [1.82, 2.24) is 4.98 Å². The van der Waals surface area contributed by atoms with Gasteiger partial charge in [0.1, 0.15) is 0 Å². The number of non-ortho nitro benzene ring substituents is 1. The molecule has 2 aromatic carbocycles. The molecular formula is C20H18N2O5. The number of carbonyl (C=O) groups is 1. The van der Waals surface area contributed by atoms with Crippen molar-refractivity contribution in [3.05, 3.63) is 70.3 Å². The largest absolute Gasteiger partial charge is 0.466 e. The van der Waals surface area contributed by atoms with E-state index in [1.807, 2.05) is 18.2 Å². The van der Waals surface area contributed by atoms with Gasteiger partial charge in [-0.15, -0.1) is 0 Å². The fourth-order valence-corrected chi connectivity index (χ4v) is 2.84. The van der Waals surface area contributed by atoms with Crippen LogP contribution in [0.25, 0.3) is 22.2 Å². The third-order valence-corrected chi connectivity index (χ3v) is 4.15. The predicted molar refractivity (Wildman–Crippen MR) is 100 cm³/mol. The summed E-state index contributed by atoms with van der Waals surface area (Å²) in [6, 6.07) is 15.1. The highest BCUT2D eigenvalue weighted by atomic mass is 16.6. The number of carbonyl (C=O) groups excluding carboxylic acids is 1. The number of pyridine rings is 1. The van der Waals surface area contributed by atoms with Gasteiger partial charge in [0, 0.05) is 28.6 Å². The molecule has 0 bridgehead atoms. The molecule has 0 aliphatic carbocycles. The van der Waals surface area contributed by atoms with E-state index >= 15 is 0 Å². The van der Waals surface area contributed by atoms with E-state index in [1.165, 1.54) is 12.1 Å². The molecule has 3 aromatic rings. The lowest BCUT2D eigenvalue weighted by molar-refractivity contribution is -0.384. The van der Waals surface area contributed by atoms with E-state index in [0.29, 0.717) is 16.8 Å². The monoisotopic (exact) mass is 366 g/mol. The molecule has 0 aliphatic heterocycles. The number of aromatic nitrogens is 1. The number of nitrogens with zero attached hydrogens (tertiary/aromatic N) is 2. The Morgan fingerprint density at radius 3 is 2.59 bits per heavy atom. The molecule has 1 aromatic heterocycles. The van der Waals surface area contributed by atoms with E-state index in [-0.39, 0.29) is 18.7 Å². The summed E-state index contributed by atoms with van der Waals surface area (Å²) in [6.07, 6.45) is -1.19. The summed E-state index contributed by atoms with van der Waals surface area (Å²) in [5.74, 6) is -0.478. The van der Waals surface area contributed by atoms with Gasteiger partial charge in [0.2, 0.25) is 0 Å². The number of aliphatic hydroxyl groups is 1. The summed E-state index contributed by atoms with van der Waals surface area (Å²) in [5.41, 5.74) is 2.45. The summed E-state index contributed by atoms with van der Waals surface area (Å²) >= 11 is 0. The molecule has 0 saturated carbocycles. The highest BCUT2D eigenvalue weighted by Gasteiger charge is 2.17. The number of hydrogen-bond acceptors (Lipinski definition) is 6. The van der Waals surface area contributed by atoms with Crippen LogP contribution in [0.5, 0.6) is 0 Å². The van der Waals surface area contributed by atoms with Gasteiger partial charge in [-0.05, 0) is 25.1 Å². The second-order valence-corrected chi connectivity index (χ2v) is 5.94. The quantitative estimate of drug-likeness (QED) is 0.404. The van der Waals surface area contributed by atoms with Crippen LogP contribution in [0.15, 0.2) is 54.6 Å². The van der Waals surface area contributed by atoms with Gasteiger partial charge in [0.05, 0.1) is 35.3 Å². The fraction of sp³-hybridized carbons (Fsp3) is 0.200. The number of para-hydroxylation sites is 1. The topological polar surface area (TPSA) is 103 Å². The molecule has 0 amide bonds. The Labute approximate surface area is 155 Å². The minimum Gasteiger partial charge on any atom is -0.466 e. The van der Waals surface area contributed by atoms with Crippen molar-refractivity contribution in [3.8, 4) is 11.3 Å². The van der Waals surface area contributed by atoms with Crippen molar-refractivity contribution >= 4 is 22.6 Å². The van der Waals surface area contributed by atoms with Crippen molar-refractivity contribution in [3.63, 3.8) is 0 Å². The third-order valence-electron chi connectivity index (χ3n) is 4.15. The molecular weight excluding hydrogens is 348 g/mol. The zero-order chi connectivity index (χ0) is 19.4. The number of nitro groups is 1. The standard InChI is InChI=1S/C20H18N2O5/c1-2-27-19(24)12-18(23)16-5-3-4-14-8-11-17(21-20(14)16)13-6-9-15(10-7-13)22(25)26/h3-11,18,23H,2,12H2,1H3/t18-/m0/s1. The molecule has 0 spiro atoms. The van der Waals surface area contributed by atoms with Crippen LogP contribution in [0.4, 0.5) is 5.69 Å². The zero-order valence-corrected chi connectivity index (χ0v) is 14.7. The minimum absolute atomic E-state index is 0.00471. The number of hydrogen-bond donors (Lipinski definition) is 1. The van der Waals surface area contributed by atoms with Gasteiger partial charge < -0.3 is 9.84 Å². The van der Waals surface area contributed by atoms with E-state index < -0.39 is 17.0 Å². The number of ether oxygens (including phenoxy) is 1. The number of rotatable bonds is 6. The lowest BCUT2D eigenvalue weighted by Gasteiger charge is -2.13. The van der Waals surface area contributed by atoms with Crippen molar-refractivity contribution in [2.24, 2.45) is 0 Å². The van der Waals surface area contributed by atoms with Crippen molar-refractivity contribution in [2.75, 3.05) is 6.61 Å². The minimum atomic E-state index is -1.03. The van der Waals surface area contributed by atoms with E-state index in [1.54, 1.807) is 31.2 Å². The Balaban J connectivity index is 1.98. The average Bonchev–Trinajstić information content (AvgIpc) is 2.67. The molecule has 0 radical (unpaired) electrons. The van der Waals surface area contributed by atoms with E-state index in [4.69, 9.17) is 4.74 Å². The maximum atomic E-state index is 11.7. The van der Waals surface area contributed by atoms with E-state index in [0.717, 1.165) is 10.9 Å². The second kappa shape index (κ2) is 7.92. The van der Waals surface area contributed by atoms with E-state index in [9.17, 15) is 20.0 Å². The van der Waals surface area contributed by atoms with Gasteiger partial charge in [-0.3, -0.25) is 14.9 Å². The van der Waals surface area contributed by atoms with Gasteiger partial charge in [0.15, 0.2) is 0 Å². The molecule has 3 rings (SSSR count). The zero-order valence-electron chi connectivity index (χ0n) is 14.7. The van der Waals surface area contributed by atoms with Gasteiger partial charge in [-0.25, -0.2) is 4.98 Å². The summed E-state index contributed by atoms with van der Waals surface area (Å²) in [5, 5.41) is 22.1. The summed E-state index contributed by atoms with van der Waals surface area (Å²) < 4.78 is 4.90. The normalized spacial score (nSPS) is 11.9. The van der Waals surface area contributed by atoms with Crippen LogP contribution in [-0.4, -0.2) is 27.6 Å². The van der Waals surface area contributed by atoms with Crippen LogP contribution in [0.2, 0.25) is 0 Å². The number of benzene rings is 2. The summed E-state index contributed by atoms with van der Waals surface area (Å²) in [4.78, 5) is 26.6. The van der Waals surface area contributed by atoms with Crippen molar-refractivity contribution in [1.29, 1.82) is 0 Å². The van der Waals surface area contributed by atoms with Crippen LogP contribution in [0, 0.1) is 10.1 Å². The van der Waals surface area contributed by atoms with Crippen LogP contribution in [-0.2, 0) is 9.53 Å². The summed E-state index contributed by atoms with van der Waals surface area (Å²) in [7, 11) is 0. The smallest absolute Gasteiger partial charge is 0.308 e. The molecule has 0 unspecified atom stereocenters. The van der Waals surface area contributed by atoms with Crippen LogP contribution in [0.3, 0.4) is 0 Å². The Bertz CT molecular complexity index is 985. The van der Waals surface area contributed by atoms with Gasteiger partial charge in [-0.1, -0.05) is 24.3 Å². The van der Waals surface area contributed by atoms with Gasteiger partial charge in [-0.2, -0.15) is 0 Å². The maximum absolute atomic E-state index is 11.7. The first-order valence-electron chi connectivity index (χ1n) is 8.47. The van der Waals surface area contributed by atoms with E-state index in [2.05, 4.69) is 4.98 Å². The predicted octanol–water partition coefficient (Wildman–Crippen LogP) is 3.80. The number of nitro benzene ring substituents is 1. The Morgan fingerprint density at radius 1 is 1.19 bits per heavy atom. The molecule has 1 heterocycles. The van der Waals surface area contributed by atoms with Crippen molar-refractivity contribution in [2.45, 2.75) is 19.4 Å². The third kappa shape index (κ3) is 4.09. The number of esters is 1. The molecule has 0 aliphatic rings. The van der Waals surface area contributed by atoms with Gasteiger partial charge >= 0.3 is 5.97 Å². The maximum Gasteiger partial charge on any atom is 0.308 e. The molecule has 7 nitrogen and oxygen atoms in total. The molecule has 0 saturated heterocycles. The molecule has 1 atom stereocenters. The van der Waals surface area contributed by atoms with Crippen LogP contribution < -0.4 is 0 Å². The molecule has 7 heteroatoms. The number of aliphatic hydroxyl groups excluding tert-OH is 1. The first-order valence-corrected chi connectivity index (χ1v) is 8.47. The Morgan fingerprint density at radius 2 is 1.93 bits per heavy atom. The first-order chi connectivity index (χ1) is 13.0. The highest BCUT2D eigenvalue weighted by Crippen LogP contribution is 2.28. The number of fused-ring (bicyclic) bond motifs is 1. The molecule has 0 fully saturated rings. The first kappa shape index (κ1) is 18.5. The van der Waals surface area contributed by atoms with Crippen molar-refractivity contribution < 1.29 is 19.6 Å². The van der Waals surface area contributed by atoms with Crippen LogP contribution in [0.1, 0.15) is 25.0 Å². The Kier molecular flexibility index (Phi) is 5.42. The molecule has 27 heavy (non-hydrogen) atoms. The lowest BCUT2D eigenvalue weighted by Crippen LogP contribution is -2.10. The highest BCUT2D eigenvalue weighted by molar-refractivity contribution is 5.85. The lowest BCUT2D eigenvalue weighted by atomic mass is 10.0. The second-order valence-electron chi connectivity index (χ2n) is 5.94. The average molecular weight is 366 g/mol. The Hall–Kier alpha value is -3.32. The summed E-state index contributed by atoms with van der Waals surface area (Å²) in [6.45, 7) is 1.96. The molecule has 138 valence electrons. The van der Waals surface area contributed by atoms with Gasteiger partial charge in [0.25, 0.3) is 5.69 Å². The molecule has 1 N–H and O–H groups in total. The fourth-order valence-electron chi connectivity index (χ4n) is 2.84. The SMILES string of the molecule is CCOC(=O)C[C@H](O)c1cccc2ccc(-c3ccc([N+](=O)[O-])cc3)nc12.